The van der Waals surface area contributed by atoms with Gasteiger partial charge >= 0.3 is 5.97 Å². The zero-order valence-electron chi connectivity index (χ0n) is 21.5. The Labute approximate surface area is 198 Å². The van der Waals surface area contributed by atoms with Crippen LogP contribution in [0.1, 0.15) is 48.0 Å². The van der Waals surface area contributed by atoms with Crippen molar-refractivity contribution >= 4 is 24.3 Å². The number of ether oxygens (including phenoxy) is 3. The molecule has 11 heteroatoms. The van der Waals surface area contributed by atoms with Crippen molar-refractivity contribution in [3.8, 4) is 0 Å². The van der Waals surface area contributed by atoms with E-state index in [0.717, 1.165) is 0 Å². The van der Waals surface area contributed by atoms with Gasteiger partial charge in [0.1, 0.15) is 18.3 Å². The summed E-state index contributed by atoms with van der Waals surface area (Å²) in [5, 5.41) is 24.6. The van der Waals surface area contributed by atoms with Gasteiger partial charge in [0.05, 0.1) is 18.2 Å². The Hall–Kier alpha value is -2.34. The molecule has 0 aromatic rings. The highest BCUT2D eigenvalue weighted by molar-refractivity contribution is 6.15. The molecule has 33 heavy (non-hydrogen) atoms. The van der Waals surface area contributed by atoms with Gasteiger partial charge in [0.25, 0.3) is 0 Å². The van der Waals surface area contributed by atoms with E-state index in [0.29, 0.717) is 0 Å². The van der Waals surface area contributed by atoms with E-state index in [4.69, 9.17) is 25.2 Å². The number of carbonyl (C=O) groups is 2. The summed E-state index contributed by atoms with van der Waals surface area (Å²) in [5.41, 5.74) is 0.523. The van der Waals surface area contributed by atoms with Crippen LogP contribution in [0.25, 0.3) is 0 Å². The van der Waals surface area contributed by atoms with E-state index in [2.05, 4.69) is 22.0 Å². The van der Waals surface area contributed by atoms with Crippen LogP contribution in [0, 0.1) is 5.41 Å². The van der Waals surface area contributed by atoms with Crippen LogP contribution in [0.15, 0.2) is 22.2 Å². The zero-order chi connectivity index (χ0) is 26.6. The van der Waals surface area contributed by atoms with Crippen LogP contribution in [0.3, 0.4) is 0 Å². The average molecular weight is 477 g/mol. The number of amides is 1. The largest absolute Gasteiger partial charge is 0.459 e. The molecule has 1 aliphatic rings. The summed E-state index contributed by atoms with van der Waals surface area (Å²) in [4.78, 5) is 25.1. The molecule has 1 heterocycles. The van der Waals surface area contributed by atoms with Gasteiger partial charge in [-0.1, -0.05) is 5.57 Å². The minimum Gasteiger partial charge on any atom is -0.459 e. The number of nitrogens with one attached hydrogen (secondary N) is 1. The first kappa shape index (κ1) is 35.3. The van der Waals surface area contributed by atoms with Crippen LogP contribution in [0.4, 0.5) is 0 Å². The molecule has 0 radical (unpaired) electrons. The third-order valence-corrected chi connectivity index (χ3v) is 3.48. The number of nitrogens with two attached hydrogens (primary N) is 1. The van der Waals surface area contributed by atoms with E-state index >= 15 is 0 Å². The molecule has 1 aliphatic heterocycles. The number of aliphatic hydroxyl groups excluding tert-OH is 2. The lowest BCUT2D eigenvalue weighted by atomic mass is 9.96. The Morgan fingerprint density at radius 3 is 2.03 bits per heavy atom. The normalized spacial score (nSPS) is 22.0. The number of allylic oxidation sites excluding steroid dienone is 1. The third kappa shape index (κ3) is 21.3. The van der Waals surface area contributed by atoms with Gasteiger partial charge in [0.2, 0.25) is 5.91 Å². The van der Waals surface area contributed by atoms with Crippen molar-refractivity contribution in [1.82, 2.24) is 5.32 Å². The van der Waals surface area contributed by atoms with Gasteiger partial charge < -0.3 is 35.6 Å². The summed E-state index contributed by atoms with van der Waals surface area (Å²) in [6.45, 7) is 13.8. The minimum atomic E-state index is -1.05. The van der Waals surface area contributed by atoms with E-state index in [9.17, 15) is 14.7 Å². The van der Waals surface area contributed by atoms with Gasteiger partial charge in [-0.2, -0.15) is 5.10 Å². The Balaban J connectivity index is -0.000000489. The molecule has 0 bridgehead atoms. The van der Waals surface area contributed by atoms with E-state index in [1.807, 2.05) is 13.8 Å². The number of hydrogen-bond donors (Lipinski definition) is 4. The fourth-order valence-corrected chi connectivity index (χ4v) is 1.74. The van der Waals surface area contributed by atoms with Gasteiger partial charge in [-0.15, -0.1) is 6.58 Å². The van der Waals surface area contributed by atoms with E-state index < -0.39 is 36.0 Å². The number of esters is 1. The van der Waals surface area contributed by atoms with Gasteiger partial charge in [-0.05, 0) is 34.6 Å². The summed E-state index contributed by atoms with van der Waals surface area (Å²) >= 11 is 0. The number of methoxy groups -OCH3 is 1. The molecule has 0 aromatic heterocycles. The molecule has 194 valence electrons. The number of carbonyl (C=O) groups excluding carboxylic acids is 2. The first-order chi connectivity index (χ1) is 15.2. The van der Waals surface area contributed by atoms with Crippen molar-refractivity contribution in [3.63, 3.8) is 0 Å². The molecule has 0 aromatic carbocycles. The number of aliphatic hydroxyl groups is 2. The maximum Gasteiger partial charge on any atom is 0.311 e. The van der Waals surface area contributed by atoms with Crippen molar-refractivity contribution in [2.75, 3.05) is 27.8 Å². The fraction of sp³-hybridized carbons (Fsp3) is 0.727. The highest BCUT2D eigenvalue weighted by Gasteiger charge is 2.41. The highest BCUT2D eigenvalue weighted by atomic mass is 16.7. The van der Waals surface area contributed by atoms with Crippen molar-refractivity contribution in [3.05, 3.63) is 12.2 Å². The molecule has 0 aliphatic carbocycles. The number of nitrogens with zero attached hydrogens (tertiary/aromatic N) is 2. The molecule has 11 nitrogen and oxygen atoms in total. The zero-order valence-corrected chi connectivity index (χ0v) is 21.5. The first-order valence-electron chi connectivity index (χ1n) is 10.3. The van der Waals surface area contributed by atoms with Crippen LogP contribution in [-0.4, -0.2) is 86.9 Å². The van der Waals surface area contributed by atoms with Gasteiger partial charge in [0.15, 0.2) is 6.29 Å². The third-order valence-electron chi connectivity index (χ3n) is 3.48. The molecule has 1 rings (SSSR count). The monoisotopic (exact) mass is 476 g/mol. The second-order valence-electron chi connectivity index (χ2n) is 8.16. The highest BCUT2D eigenvalue weighted by Crippen LogP contribution is 2.26. The maximum atomic E-state index is 11.8. The van der Waals surface area contributed by atoms with Crippen molar-refractivity contribution < 1.29 is 34.0 Å². The molecule has 4 atom stereocenters. The lowest BCUT2D eigenvalue weighted by molar-refractivity contribution is -0.255. The van der Waals surface area contributed by atoms with Crippen LogP contribution >= 0.6 is 0 Å². The van der Waals surface area contributed by atoms with Crippen molar-refractivity contribution in [2.24, 2.45) is 21.4 Å². The van der Waals surface area contributed by atoms with Crippen LogP contribution in [0.5, 0.6) is 0 Å². The average Bonchev–Trinajstić information content (AvgIpc) is 2.73. The van der Waals surface area contributed by atoms with E-state index in [1.54, 1.807) is 34.9 Å². The molecule has 4 unspecified atom stereocenters. The predicted octanol–water partition coefficient (Wildman–Crippen LogP) is 1.03. The van der Waals surface area contributed by atoms with Crippen molar-refractivity contribution in [1.29, 1.82) is 0 Å². The molecule has 0 saturated carbocycles. The summed E-state index contributed by atoms with van der Waals surface area (Å²) in [6.07, 6.45) is 0.000705. The second kappa shape index (κ2) is 20.3. The summed E-state index contributed by atoms with van der Waals surface area (Å²) in [6, 6.07) is 0. The number of hydrogen-bond acceptors (Lipinski definition) is 10. The minimum absolute atomic E-state index is 0.00463. The Kier molecular flexibility index (Phi) is 21.7. The topological polar surface area (TPSA) is 165 Å². The van der Waals surface area contributed by atoms with Crippen molar-refractivity contribution in [2.45, 2.75) is 72.6 Å². The van der Waals surface area contributed by atoms with Crippen LogP contribution in [0.2, 0.25) is 0 Å². The first-order valence-corrected chi connectivity index (χ1v) is 10.3. The van der Waals surface area contributed by atoms with Crippen LogP contribution < -0.4 is 11.2 Å². The van der Waals surface area contributed by atoms with E-state index in [1.165, 1.54) is 32.0 Å². The molecule has 1 amide bonds. The molecule has 1 fully saturated rings. The predicted molar refractivity (Wildman–Crippen MR) is 130 cm³/mol. The molecular weight excluding hydrogens is 432 g/mol. The summed E-state index contributed by atoms with van der Waals surface area (Å²) in [7, 11) is 4.71. The molecule has 0 spiro atoms. The van der Waals surface area contributed by atoms with E-state index in [-0.39, 0.29) is 18.9 Å². The Morgan fingerprint density at radius 1 is 1.27 bits per heavy atom. The number of rotatable bonds is 4. The summed E-state index contributed by atoms with van der Waals surface area (Å²) in [5.74, 6) is 4.29. The van der Waals surface area contributed by atoms with Gasteiger partial charge in [-0.25, -0.2) is 0 Å². The quantitative estimate of drug-likeness (QED) is 0.153. The molecule has 1 saturated heterocycles. The maximum absolute atomic E-state index is 11.8. The summed E-state index contributed by atoms with van der Waals surface area (Å²) < 4.78 is 15.6. The lowest BCUT2D eigenvalue weighted by Crippen LogP contribution is -2.52. The van der Waals surface area contributed by atoms with Gasteiger partial charge in [-0.3, -0.25) is 14.6 Å². The SMILES string of the molecule is C=C(C)C.CN=C/C=N\N.CNC(C)=O.COC1CC(OC(=O)C(C)(C)C)C(O)C(CO)O1. The second-order valence-corrected chi connectivity index (χ2v) is 8.16. The molecule has 5 N–H and O–H groups in total. The number of hydrazone groups is 1. The fourth-order valence-electron chi connectivity index (χ4n) is 1.74. The van der Waals surface area contributed by atoms with Crippen LogP contribution in [-0.2, 0) is 23.8 Å². The smallest absolute Gasteiger partial charge is 0.311 e. The standard InChI is InChI=1S/C12H22O6.C4H8.C3H7N3.C3H7NO/c1-12(2,3)11(15)18-7-5-9(16-4)17-8(6-13)10(7)14;1-4(2)3;1-5-2-3-6-4;1-3(5)4-2/h7-10,13-14H,5-6H2,1-4H3;1H2,2-3H3;2-3H,4H2,1H3;1-2H3,(H,4,5)/b;;5-2?,6-3-;. The molecular formula is C22H44N4O7. The lowest BCUT2D eigenvalue weighted by Gasteiger charge is -2.38. The number of aliphatic imine (C=N–C) groups is 1. The Bertz CT molecular complexity index is 590. The van der Waals surface area contributed by atoms with Gasteiger partial charge in [0, 0.05) is 40.8 Å². The Morgan fingerprint density at radius 2 is 1.76 bits per heavy atom.